The molecule has 1 spiro atoms. The standard InChI is InChI=1S/C19H33N3O3S/c1-5-9-22-17(24)15(13-14(2)3)20-18(25)19(22)7-10-21(11-8-19)16(23)6-12-26-4/h14-15H,5-13H2,1-4H3,(H,20,25). The molecular weight excluding hydrogens is 350 g/mol. The van der Waals surface area contributed by atoms with Crippen LogP contribution >= 0.6 is 11.8 Å². The SMILES string of the molecule is CCCN1C(=O)C(CC(C)C)NC(=O)C12CCN(C(=O)CCSC)CC2. The first-order valence-corrected chi connectivity index (χ1v) is 11.1. The van der Waals surface area contributed by atoms with E-state index in [0.29, 0.717) is 51.2 Å². The largest absolute Gasteiger partial charge is 0.342 e. The van der Waals surface area contributed by atoms with E-state index in [9.17, 15) is 14.4 Å². The molecule has 0 bridgehead atoms. The Bertz CT molecular complexity index is 530. The van der Waals surface area contributed by atoms with Crippen molar-refractivity contribution in [2.24, 2.45) is 5.92 Å². The van der Waals surface area contributed by atoms with Gasteiger partial charge in [0.25, 0.3) is 0 Å². The highest BCUT2D eigenvalue weighted by atomic mass is 32.2. The number of carbonyl (C=O) groups excluding carboxylic acids is 3. The van der Waals surface area contributed by atoms with Crippen molar-refractivity contribution >= 4 is 29.5 Å². The van der Waals surface area contributed by atoms with Crippen molar-refractivity contribution in [3.63, 3.8) is 0 Å². The van der Waals surface area contributed by atoms with Crippen molar-refractivity contribution in [1.82, 2.24) is 15.1 Å². The average molecular weight is 384 g/mol. The molecule has 2 rings (SSSR count). The Hall–Kier alpha value is -1.24. The van der Waals surface area contributed by atoms with Gasteiger partial charge in [-0.3, -0.25) is 14.4 Å². The molecule has 0 aromatic carbocycles. The van der Waals surface area contributed by atoms with Crippen molar-refractivity contribution in [3.05, 3.63) is 0 Å². The monoisotopic (exact) mass is 383 g/mol. The molecule has 148 valence electrons. The van der Waals surface area contributed by atoms with Gasteiger partial charge in [0.15, 0.2) is 0 Å². The molecule has 2 aliphatic rings. The Morgan fingerprint density at radius 3 is 2.50 bits per heavy atom. The van der Waals surface area contributed by atoms with E-state index >= 15 is 0 Å². The molecule has 26 heavy (non-hydrogen) atoms. The number of amides is 3. The van der Waals surface area contributed by atoms with Gasteiger partial charge in [-0.15, -0.1) is 0 Å². The molecule has 0 aromatic heterocycles. The highest BCUT2D eigenvalue weighted by Crippen LogP contribution is 2.34. The molecule has 1 unspecified atom stereocenters. The van der Waals surface area contributed by atoms with Crippen molar-refractivity contribution in [2.75, 3.05) is 31.6 Å². The fourth-order valence-electron chi connectivity index (χ4n) is 4.03. The summed E-state index contributed by atoms with van der Waals surface area (Å²) in [7, 11) is 0. The minimum absolute atomic E-state index is 0.0348. The molecule has 2 fully saturated rings. The summed E-state index contributed by atoms with van der Waals surface area (Å²) in [5.74, 6) is 1.32. The Kier molecular flexibility index (Phi) is 7.38. The molecule has 2 heterocycles. The molecule has 0 saturated carbocycles. The lowest BCUT2D eigenvalue weighted by molar-refractivity contribution is -0.162. The van der Waals surface area contributed by atoms with Crippen LogP contribution in [-0.4, -0.2) is 70.7 Å². The van der Waals surface area contributed by atoms with E-state index in [4.69, 9.17) is 0 Å². The molecule has 1 atom stereocenters. The first-order chi connectivity index (χ1) is 12.4. The lowest BCUT2D eigenvalue weighted by Crippen LogP contribution is -2.73. The van der Waals surface area contributed by atoms with Crippen LogP contribution < -0.4 is 5.32 Å². The molecule has 0 aliphatic carbocycles. The van der Waals surface area contributed by atoms with Gasteiger partial charge in [0, 0.05) is 31.8 Å². The van der Waals surface area contributed by atoms with Crippen LogP contribution in [0.4, 0.5) is 0 Å². The van der Waals surface area contributed by atoms with Gasteiger partial charge in [0.05, 0.1) is 0 Å². The number of nitrogens with one attached hydrogen (secondary N) is 1. The fraction of sp³-hybridized carbons (Fsp3) is 0.842. The minimum Gasteiger partial charge on any atom is -0.342 e. The molecular formula is C19H33N3O3S. The molecule has 0 radical (unpaired) electrons. The summed E-state index contributed by atoms with van der Waals surface area (Å²) in [4.78, 5) is 42.0. The van der Waals surface area contributed by atoms with Gasteiger partial charge in [0.2, 0.25) is 17.7 Å². The third-order valence-corrected chi connectivity index (χ3v) is 6.04. The molecule has 1 N–H and O–H groups in total. The lowest BCUT2D eigenvalue weighted by Gasteiger charge is -2.51. The number of piperazine rings is 1. The van der Waals surface area contributed by atoms with Crippen LogP contribution in [-0.2, 0) is 14.4 Å². The third kappa shape index (κ3) is 4.35. The highest BCUT2D eigenvalue weighted by Gasteiger charge is 2.53. The number of piperidine rings is 1. The van der Waals surface area contributed by atoms with Gasteiger partial charge >= 0.3 is 0 Å². The van der Waals surface area contributed by atoms with E-state index in [1.165, 1.54) is 0 Å². The van der Waals surface area contributed by atoms with Crippen LogP contribution in [0.15, 0.2) is 0 Å². The summed E-state index contributed by atoms with van der Waals surface area (Å²) < 4.78 is 0. The number of nitrogens with zero attached hydrogens (tertiary/aromatic N) is 2. The highest BCUT2D eigenvalue weighted by molar-refractivity contribution is 7.98. The molecule has 6 nitrogen and oxygen atoms in total. The zero-order valence-corrected chi connectivity index (χ0v) is 17.4. The van der Waals surface area contributed by atoms with Gasteiger partial charge in [-0.2, -0.15) is 11.8 Å². The van der Waals surface area contributed by atoms with Crippen molar-refractivity contribution in [1.29, 1.82) is 0 Å². The summed E-state index contributed by atoms with van der Waals surface area (Å²) in [6.07, 6.45) is 5.08. The second kappa shape index (κ2) is 9.11. The Balaban J connectivity index is 2.13. The van der Waals surface area contributed by atoms with Gasteiger partial charge in [0.1, 0.15) is 11.6 Å². The predicted molar refractivity (Wildman–Crippen MR) is 105 cm³/mol. The number of thioether (sulfide) groups is 1. The second-order valence-corrected chi connectivity index (χ2v) is 8.79. The molecule has 3 amide bonds. The summed E-state index contributed by atoms with van der Waals surface area (Å²) in [6, 6.07) is -0.416. The van der Waals surface area contributed by atoms with Crippen molar-refractivity contribution < 1.29 is 14.4 Å². The summed E-state index contributed by atoms with van der Waals surface area (Å²) >= 11 is 1.66. The molecule has 2 aliphatic heterocycles. The van der Waals surface area contributed by atoms with Crippen molar-refractivity contribution in [3.8, 4) is 0 Å². The van der Waals surface area contributed by atoms with Crippen molar-refractivity contribution in [2.45, 2.75) is 64.5 Å². The average Bonchev–Trinajstić information content (AvgIpc) is 2.61. The first kappa shape index (κ1) is 21.1. The third-order valence-electron chi connectivity index (χ3n) is 5.43. The van der Waals surface area contributed by atoms with Crippen LogP contribution in [0.1, 0.15) is 52.9 Å². The number of carbonyl (C=O) groups is 3. The smallest absolute Gasteiger partial charge is 0.246 e. The topological polar surface area (TPSA) is 69.7 Å². The van der Waals surface area contributed by atoms with Crippen LogP contribution in [0.3, 0.4) is 0 Å². The zero-order chi connectivity index (χ0) is 19.3. The van der Waals surface area contributed by atoms with Gasteiger partial charge in [-0.05, 0) is 37.9 Å². The molecule has 7 heteroatoms. The second-order valence-electron chi connectivity index (χ2n) is 7.80. The van der Waals surface area contributed by atoms with Crippen LogP contribution in [0.2, 0.25) is 0 Å². The maximum atomic E-state index is 13.1. The first-order valence-electron chi connectivity index (χ1n) is 9.75. The Morgan fingerprint density at radius 2 is 1.96 bits per heavy atom. The van der Waals surface area contributed by atoms with Crippen LogP contribution in [0.25, 0.3) is 0 Å². The van der Waals surface area contributed by atoms with E-state index < -0.39 is 11.6 Å². The Morgan fingerprint density at radius 1 is 1.31 bits per heavy atom. The minimum atomic E-state index is -0.781. The van der Waals surface area contributed by atoms with E-state index in [1.807, 2.05) is 23.0 Å². The zero-order valence-electron chi connectivity index (χ0n) is 16.5. The number of likely N-dealkylation sites (tertiary alicyclic amines) is 1. The lowest BCUT2D eigenvalue weighted by atomic mass is 9.80. The normalized spacial score (nSPS) is 22.9. The van der Waals surface area contributed by atoms with E-state index in [0.717, 1.165) is 12.2 Å². The number of hydrogen-bond donors (Lipinski definition) is 1. The van der Waals surface area contributed by atoms with Crippen LogP contribution in [0.5, 0.6) is 0 Å². The van der Waals surface area contributed by atoms with E-state index in [1.54, 1.807) is 11.8 Å². The predicted octanol–water partition coefficient (Wildman–Crippen LogP) is 1.88. The van der Waals surface area contributed by atoms with E-state index in [-0.39, 0.29) is 17.7 Å². The molecule has 0 aromatic rings. The van der Waals surface area contributed by atoms with Crippen LogP contribution in [0, 0.1) is 5.92 Å². The number of hydrogen-bond acceptors (Lipinski definition) is 4. The molecule has 2 saturated heterocycles. The maximum Gasteiger partial charge on any atom is 0.246 e. The fourth-order valence-corrected chi connectivity index (χ4v) is 4.40. The maximum absolute atomic E-state index is 13.1. The van der Waals surface area contributed by atoms with Gasteiger partial charge in [-0.1, -0.05) is 20.8 Å². The Labute approximate surface area is 161 Å². The summed E-state index contributed by atoms with van der Waals surface area (Å²) in [6.45, 7) is 7.85. The van der Waals surface area contributed by atoms with Gasteiger partial charge in [-0.25, -0.2) is 0 Å². The summed E-state index contributed by atoms with van der Waals surface area (Å²) in [5, 5.41) is 2.99. The summed E-state index contributed by atoms with van der Waals surface area (Å²) in [5.41, 5.74) is -0.781. The quantitative estimate of drug-likeness (QED) is 0.729. The van der Waals surface area contributed by atoms with E-state index in [2.05, 4.69) is 19.2 Å². The number of rotatable bonds is 7. The van der Waals surface area contributed by atoms with Gasteiger partial charge < -0.3 is 15.1 Å².